The van der Waals surface area contributed by atoms with Crippen LogP contribution in [0.25, 0.3) is 0 Å². The lowest BCUT2D eigenvalue weighted by molar-refractivity contribution is 0.102. The highest BCUT2D eigenvalue weighted by Gasteiger charge is 2.12. The zero-order valence-corrected chi connectivity index (χ0v) is 14.7. The molecule has 0 aliphatic rings. The summed E-state index contributed by atoms with van der Waals surface area (Å²) >= 11 is 0. The van der Waals surface area contributed by atoms with Gasteiger partial charge < -0.3 is 15.5 Å². The van der Waals surface area contributed by atoms with E-state index in [0.29, 0.717) is 11.9 Å². The summed E-state index contributed by atoms with van der Waals surface area (Å²) < 4.78 is 26.5. The molecule has 0 aliphatic heterocycles. The van der Waals surface area contributed by atoms with Crippen molar-refractivity contribution in [2.45, 2.75) is 0 Å². The first kappa shape index (κ1) is 18.2. The molecule has 3 aromatic rings. The first-order chi connectivity index (χ1) is 12.9. The third-order valence-corrected chi connectivity index (χ3v) is 3.72. The fourth-order valence-electron chi connectivity index (χ4n) is 2.28. The molecule has 0 spiro atoms. The van der Waals surface area contributed by atoms with Crippen molar-refractivity contribution in [1.82, 2.24) is 9.97 Å². The maximum Gasteiger partial charge on any atom is 0.275 e. The molecule has 0 bridgehead atoms. The Bertz CT molecular complexity index is 943. The van der Waals surface area contributed by atoms with E-state index in [9.17, 15) is 13.6 Å². The number of carbonyl (C=O) groups excluding carboxylic acids is 1. The highest BCUT2D eigenvalue weighted by Crippen LogP contribution is 2.19. The van der Waals surface area contributed by atoms with Crippen molar-refractivity contribution < 1.29 is 13.6 Å². The minimum Gasteiger partial charge on any atom is -0.378 e. The molecule has 27 heavy (non-hydrogen) atoms. The van der Waals surface area contributed by atoms with Gasteiger partial charge in [0.2, 0.25) is 0 Å². The molecule has 0 saturated carbocycles. The number of amides is 1. The predicted octanol–water partition coefficient (Wildman–Crippen LogP) is 3.82. The van der Waals surface area contributed by atoms with Gasteiger partial charge in [0, 0.05) is 31.5 Å². The van der Waals surface area contributed by atoms with Crippen LogP contribution < -0.4 is 15.5 Å². The Kier molecular flexibility index (Phi) is 5.25. The van der Waals surface area contributed by atoms with Crippen molar-refractivity contribution in [2.24, 2.45) is 0 Å². The van der Waals surface area contributed by atoms with E-state index in [2.05, 4.69) is 20.6 Å². The van der Waals surface area contributed by atoms with Gasteiger partial charge in [-0.05, 0) is 36.4 Å². The highest BCUT2D eigenvalue weighted by atomic mass is 19.1. The number of carbonyl (C=O) groups is 1. The second kappa shape index (κ2) is 7.77. The molecule has 6 nitrogen and oxygen atoms in total. The second-order valence-corrected chi connectivity index (χ2v) is 5.93. The fraction of sp³-hybridized carbons (Fsp3) is 0.105. The Labute approximate surface area is 154 Å². The van der Waals surface area contributed by atoms with Gasteiger partial charge in [-0.1, -0.05) is 0 Å². The number of hydrogen-bond acceptors (Lipinski definition) is 5. The van der Waals surface area contributed by atoms with Crippen molar-refractivity contribution in [2.75, 3.05) is 29.6 Å². The molecule has 0 unspecified atom stereocenters. The molecule has 1 aromatic heterocycles. The van der Waals surface area contributed by atoms with Gasteiger partial charge in [-0.2, -0.15) is 0 Å². The largest absolute Gasteiger partial charge is 0.378 e. The van der Waals surface area contributed by atoms with Crippen molar-refractivity contribution in [3.05, 3.63) is 72.2 Å². The van der Waals surface area contributed by atoms with E-state index < -0.39 is 17.5 Å². The van der Waals surface area contributed by atoms with Gasteiger partial charge in [0.1, 0.15) is 23.1 Å². The number of nitrogens with zero attached hydrogens (tertiary/aromatic N) is 3. The Morgan fingerprint density at radius 1 is 1.00 bits per heavy atom. The van der Waals surface area contributed by atoms with Crippen LogP contribution >= 0.6 is 0 Å². The predicted molar refractivity (Wildman–Crippen MR) is 100 cm³/mol. The topological polar surface area (TPSA) is 70.2 Å². The first-order valence-electron chi connectivity index (χ1n) is 8.05. The van der Waals surface area contributed by atoms with Crippen LogP contribution in [0.4, 0.5) is 31.7 Å². The summed E-state index contributed by atoms with van der Waals surface area (Å²) in [5, 5.41) is 5.41. The van der Waals surface area contributed by atoms with Gasteiger partial charge in [-0.15, -0.1) is 0 Å². The lowest BCUT2D eigenvalue weighted by atomic mass is 10.2. The van der Waals surface area contributed by atoms with Gasteiger partial charge in [0.25, 0.3) is 5.91 Å². The number of nitrogens with one attached hydrogen (secondary N) is 2. The molecule has 0 saturated heterocycles. The minimum absolute atomic E-state index is 0.00670. The number of aromatic nitrogens is 2. The van der Waals surface area contributed by atoms with Crippen molar-refractivity contribution in [3.63, 3.8) is 0 Å². The number of benzene rings is 2. The van der Waals surface area contributed by atoms with Gasteiger partial charge in [0.15, 0.2) is 0 Å². The van der Waals surface area contributed by atoms with E-state index in [1.807, 2.05) is 43.3 Å². The number of rotatable bonds is 5. The molecule has 0 aliphatic carbocycles. The SMILES string of the molecule is CN(C)c1ccc(Nc2cnc(C(=O)Nc3ccc(F)cc3F)cn2)cc1. The maximum absolute atomic E-state index is 13.6. The summed E-state index contributed by atoms with van der Waals surface area (Å²) in [4.78, 5) is 22.3. The number of halogens is 2. The summed E-state index contributed by atoms with van der Waals surface area (Å²) in [6.45, 7) is 0. The van der Waals surface area contributed by atoms with Crippen molar-refractivity contribution in [3.8, 4) is 0 Å². The average molecular weight is 369 g/mol. The minimum atomic E-state index is -0.865. The number of anilines is 4. The summed E-state index contributed by atoms with van der Waals surface area (Å²) in [6, 6.07) is 10.6. The van der Waals surface area contributed by atoms with Crippen LogP contribution in [0.3, 0.4) is 0 Å². The van der Waals surface area contributed by atoms with Gasteiger partial charge in [0.05, 0.1) is 18.1 Å². The summed E-state index contributed by atoms with van der Waals surface area (Å²) in [7, 11) is 3.91. The third kappa shape index (κ3) is 4.55. The molecule has 0 radical (unpaired) electrons. The van der Waals surface area contributed by atoms with Crippen LogP contribution in [0.2, 0.25) is 0 Å². The molecule has 1 amide bonds. The molecule has 8 heteroatoms. The lowest BCUT2D eigenvalue weighted by Gasteiger charge is -2.13. The summed E-state index contributed by atoms with van der Waals surface area (Å²) in [6.07, 6.45) is 2.67. The van der Waals surface area contributed by atoms with E-state index in [4.69, 9.17) is 0 Å². The number of hydrogen-bond donors (Lipinski definition) is 2. The van der Waals surface area contributed by atoms with Crippen LogP contribution in [-0.2, 0) is 0 Å². The van der Waals surface area contributed by atoms with Gasteiger partial charge in [-0.3, -0.25) is 4.79 Å². The molecule has 0 atom stereocenters. The standard InChI is InChI=1S/C19H17F2N5O/c1-26(2)14-6-4-13(5-7-14)24-18-11-22-17(10-23-18)19(27)25-16-8-3-12(20)9-15(16)21/h3-11H,1-2H3,(H,23,24)(H,25,27). The molecule has 3 rings (SSSR count). The van der Waals surface area contributed by atoms with Gasteiger partial charge in [-0.25, -0.2) is 18.7 Å². The summed E-state index contributed by atoms with van der Waals surface area (Å²) in [5.41, 5.74) is 1.76. The monoisotopic (exact) mass is 369 g/mol. The Morgan fingerprint density at radius 2 is 1.74 bits per heavy atom. The molecule has 2 N–H and O–H groups in total. The second-order valence-electron chi connectivity index (χ2n) is 5.93. The average Bonchev–Trinajstić information content (AvgIpc) is 2.65. The van der Waals surface area contributed by atoms with Crippen LogP contribution in [0.5, 0.6) is 0 Å². The molecule has 0 fully saturated rings. The molecular weight excluding hydrogens is 352 g/mol. The smallest absolute Gasteiger partial charge is 0.275 e. The first-order valence-corrected chi connectivity index (χ1v) is 8.05. The third-order valence-electron chi connectivity index (χ3n) is 3.72. The molecular formula is C19H17F2N5O. The quantitative estimate of drug-likeness (QED) is 0.716. The Hall–Kier alpha value is -3.55. The normalized spacial score (nSPS) is 10.4. The van der Waals surface area contributed by atoms with Gasteiger partial charge >= 0.3 is 0 Å². The van der Waals surface area contributed by atoms with Crippen LogP contribution in [-0.4, -0.2) is 30.0 Å². The zero-order chi connectivity index (χ0) is 19.4. The van der Waals surface area contributed by atoms with Crippen molar-refractivity contribution in [1.29, 1.82) is 0 Å². The maximum atomic E-state index is 13.6. The van der Waals surface area contributed by atoms with Crippen LogP contribution in [0.1, 0.15) is 10.5 Å². The van der Waals surface area contributed by atoms with Crippen molar-refractivity contribution >= 4 is 28.8 Å². The Balaban J connectivity index is 1.66. The van der Waals surface area contributed by atoms with E-state index in [0.717, 1.165) is 23.5 Å². The fourth-order valence-corrected chi connectivity index (χ4v) is 2.28. The van der Waals surface area contributed by atoms with Crippen LogP contribution in [0.15, 0.2) is 54.9 Å². The van der Waals surface area contributed by atoms with E-state index in [1.54, 1.807) is 0 Å². The van der Waals surface area contributed by atoms with E-state index in [1.165, 1.54) is 12.4 Å². The Morgan fingerprint density at radius 3 is 2.33 bits per heavy atom. The zero-order valence-electron chi connectivity index (χ0n) is 14.7. The van der Waals surface area contributed by atoms with Crippen LogP contribution in [0, 0.1) is 11.6 Å². The highest BCUT2D eigenvalue weighted by molar-refractivity contribution is 6.02. The lowest BCUT2D eigenvalue weighted by Crippen LogP contribution is -2.15. The van der Waals surface area contributed by atoms with E-state index in [-0.39, 0.29) is 11.4 Å². The summed E-state index contributed by atoms with van der Waals surface area (Å²) in [5.74, 6) is -1.78. The molecule has 1 heterocycles. The molecule has 2 aromatic carbocycles. The van der Waals surface area contributed by atoms with E-state index >= 15 is 0 Å². The molecule has 138 valence electrons.